The number of rotatable bonds is 7. The predicted molar refractivity (Wildman–Crippen MR) is 85.7 cm³/mol. The van der Waals surface area contributed by atoms with Crippen molar-refractivity contribution in [3.8, 4) is 5.75 Å². The monoisotopic (exact) mass is 287 g/mol. The van der Waals surface area contributed by atoms with Crippen LogP contribution in [0.25, 0.3) is 0 Å². The summed E-state index contributed by atoms with van der Waals surface area (Å²) in [5.41, 5.74) is 3.48. The fraction of sp³-hybridized carbons (Fsp3) is 0.471. The Balaban J connectivity index is 2.28. The first kappa shape index (κ1) is 15.6. The SMILES string of the molecule is CCCNC(Cn1ccc(C)n1)c1cc(C)ccc1OC. The fourth-order valence-electron chi connectivity index (χ4n) is 2.47. The van der Waals surface area contributed by atoms with Gasteiger partial charge in [0.25, 0.3) is 0 Å². The van der Waals surface area contributed by atoms with Crippen molar-refractivity contribution in [1.29, 1.82) is 0 Å². The normalized spacial score (nSPS) is 12.4. The van der Waals surface area contributed by atoms with Gasteiger partial charge in [0.1, 0.15) is 5.75 Å². The Morgan fingerprint density at radius 2 is 2.10 bits per heavy atom. The maximum absolute atomic E-state index is 5.53. The number of aryl methyl sites for hydroxylation is 2. The highest BCUT2D eigenvalue weighted by Crippen LogP contribution is 2.27. The highest BCUT2D eigenvalue weighted by molar-refractivity contribution is 5.39. The molecule has 0 spiro atoms. The first-order valence-electron chi connectivity index (χ1n) is 7.52. The number of nitrogens with one attached hydrogen (secondary N) is 1. The molecule has 0 radical (unpaired) electrons. The van der Waals surface area contributed by atoms with Gasteiger partial charge in [0, 0.05) is 11.8 Å². The van der Waals surface area contributed by atoms with E-state index in [1.807, 2.05) is 29.9 Å². The molecule has 1 atom stereocenters. The fourth-order valence-corrected chi connectivity index (χ4v) is 2.47. The number of nitrogens with zero attached hydrogens (tertiary/aromatic N) is 2. The molecule has 1 aromatic carbocycles. The first-order valence-corrected chi connectivity index (χ1v) is 7.52. The number of hydrogen-bond acceptors (Lipinski definition) is 3. The van der Waals surface area contributed by atoms with Gasteiger partial charge in [0.05, 0.1) is 25.4 Å². The van der Waals surface area contributed by atoms with Gasteiger partial charge in [-0.3, -0.25) is 4.68 Å². The average molecular weight is 287 g/mol. The lowest BCUT2D eigenvalue weighted by Gasteiger charge is -2.22. The molecule has 1 unspecified atom stereocenters. The molecule has 0 aliphatic heterocycles. The lowest BCUT2D eigenvalue weighted by molar-refractivity contribution is 0.383. The van der Waals surface area contributed by atoms with Gasteiger partial charge in [-0.1, -0.05) is 24.6 Å². The van der Waals surface area contributed by atoms with Crippen molar-refractivity contribution in [3.05, 3.63) is 47.3 Å². The topological polar surface area (TPSA) is 39.1 Å². The van der Waals surface area contributed by atoms with Crippen molar-refractivity contribution >= 4 is 0 Å². The van der Waals surface area contributed by atoms with Crippen molar-refractivity contribution in [3.63, 3.8) is 0 Å². The van der Waals surface area contributed by atoms with E-state index in [1.54, 1.807) is 7.11 Å². The summed E-state index contributed by atoms with van der Waals surface area (Å²) >= 11 is 0. The summed E-state index contributed by atoms with van der Waals surface area (Å²) < 4.78 is 7.53. The van der Waals surface area contributed by atoms with Crippen LogP contribution in [-0.2, 0) is 6.54 Å². The lowest BCUT2D eigenvalue weighted by atomic mass is 10.0. The second-order valence-corrected chi connectivity index (χ2v) is 5.43. The van der Waals surface area contributed by atoms with E-state index in [2.05, 4.69) is 36.4 Å². The van der Waals surface area contributed by atoms with Crippen molar-refractivity contribution in [1.82, 2.24) is 15.1 Å². The summed E-state index contributed by atoms with van der Waals surface area (Å²) in [6.45, 7) is 8.07. The molecule has 0 bridgehead atoms. The number of hydrogen-bond donors (Lipinski definition) is 1. The van der Waals surface area contributed by atoms with Crippen LogP contribution < -0.4 is 10.1 Å². The molecule has 0 saturated carbocycles. The zero-order valence-electron chi connectivity index (χ0n) is 13.4. The second kappa shape index (κ2) is 7.27. The molecule has 0 fully saturated rings. The van der Waals surface area contributed by atoms with Crippen LogP contribution in [0.5, 0.6) is 5.75 Å². The highest BCUT2D eigenvalue weighted by atomic mass is 16.5. The molecule has 0 aliphatic rings. The minimum absolute atomic E-state index is 0.194. The van der Waals surface area contributed by atoms with Gasteiger partial charge < -0.3 is 10.1 Å². The van der Waals surface area contributed by atoms with Crippen LogP contribution >= 0.6 is 0 Å². The molecule has 1 heterocycles. The summed E-state index contributed by atoms with van der Waals surface area (Å²) in [7, 11) is 1.73. The van der Waals surface area contributed by atoms with Gasteiger partial charge in [0.2, 0.25) is 0 Å². The zero-order valence-corrected chi connectivity index (χ0v) is 13.4. The Morgan fingerprint density at radius 1 is 1.29 bits per heavy atom. The largest absolute Gasteiger partial charge is 0.496 e. The molecule has 2 rings (SSSR count). The van der Waals surface area contributed by atoms with Crippen molar-refractivity contribution in [2.45, 2.75) is 39.8 Å². The van der Waals surface area contributed by atoms with E-state index in [9.17, 15) is 0 Å². The molecular weight excluding hydrogens is 262 g/mol. The second-order valence-electron chi connectivity index (χ2n) is 5.43. The maximum Gasteiger partial charge on any atom is 0.123 e. The third-order valence-electron chi connectivity index (χ3n) is 3.54. The van der Waals surface area contributed by atoms with Gasteiger partial charge in [-0.2, -0.15) is 5.10 Å². The Labute approximate surface area is 127 Å². The molecule has 114 valence electrons. The van der Waals surface area contributed by atoms with Gasteiger partial charge in [-0.25, -0.2) is 0 Å². The van der Waals surface area contributed by atoms with Crippen LogP contribution in [0, 0.1) is 13.8 Å². The van der Waals surface area contributed by atoms with Crippen LogP contribution in [-0.4, -0.2) is 23.4 Å². The highest BCUT2D eigenvalue weighted by Gasteiger charge is 2.17. The molecule has 21 heavy (non-hydrogen) atoms. The number of methoxy groups -OCH3 is 1. The quantitative estimate of drug-likeness (QED) is 0.849. The molecule has 2 aromatic rings. The molecule has 1 aromatic heterocycles. The van der Waals surface area contributed by atoms with Crippen LogP contribution in [0.2, 0.25) is 0 Å². The number of aromatic nitrogens is 2. The van der Waals surface area contributed by atoms with E-state index in [-0.39, 0.29) is 6.04 Å². The van der Waals surface area contributed by atoms with E-state index in [0.29, 0.717) is 0 Å². The van der Waals surface area contributed by atoms with Crippen molar-refractivity contribution in [2.75, 3.05) is 13.7 Å². The Hall–Kier alpha value is -1.81. The molecule has 1 N–H and O–H groups in total. The van der Waals surface area contributed by atoms with Crippen molar-refractivity contribution in [2.24, 2.45) is 0 Å². The lowest BCUT2D eigenvalue weighted by Crippen LogP contribution is -2.27. The molecule has 4 heteroatoms. The summed E-state index contributed by atoms with van der Waals surface area (Å²) in [4.78, 5) is 0. The van der Waals surface area contributed by atoms with Crippen LogP contribution in [0.1, 0.15) is 36.2 Å². The van der Waals surface area contributed by atoms with E-state index in [1.165, 1.54) is 11.1 Å². The Kier molecular flexibility index (Phi) is 5.39. The van der Waals surface area contributed by atoms with Crippen molar-refractivity contribution < 1.29 is 4.74 Å². The average Bonchev–Trinajstić information content (AvgIpc) is 2.88. The van der Waals surface area contributed by atoms with Crippen LogP contribution in [0.15, 0.2) is 30.5 Å². The predicted octanol–water partition coefficient (Wildman–Crippen LogP) is 3.25. The van der Waals surface area contributed by atoms with E-state index >= 15 is 0 Å². The summed E-state index contributed by atoms with van der Waals surface area (Å²) in [6, 6.07) is 8.54. The smallest absolute Gasteiger partial charge is 0.123 e. The van der Waals surface area contributed by atoms with E-state index < -0.39 is 0 Å². The van der Waals surface area contributed by atoms with Gasteiger partial charge in [0.15, 0.2) is 0 Å². The summed E-state index contributed by atoms with van der Waals surface area (Å²) in [5.74, 6) is 0.929. The third-order valence-corrected chi connectivity index (χ3v) is 3.54. The van der Waals surface area contributed by atoms with Gasteiger partial charge in [-0.15, -0.1) is 0 Å². The molecule has 0 aliphatic carbocycles. The maximum atomic E-state index is 5.53. The third kappa shape index (κ3) is 4.08. The molecule has 4 nitrogen and oxygen atoms in total. The number of ether oxygens (including phenoxy) is 1. The standard InChI is InChI=1S/C17H25N3O/c1-5-9-18-16(12-20-10-8-14(3)19-20)15-11-13(2)6-7-17(15)21-4/h6-8,10-11,16,18H,5,9,12H2,1-4H3. The Bertz CT molecular complexity index is 577. The van der Waals surface area contributed by atoms with Crippen LogP contribution in [0.3, 0.4) is 0 Å². The summed E-state index contributed by atoms with van der Waals surface area (Å²) in [5, 5.41) is 8.10. The molecule has 0 amide bonds. The Morgan fingerprint density at radius 3 is 2.71 bits per heavy atom. The minimum Gasteiger partial charge on any atom is -0.496 e. The number of benzene rings is 1. The summed E-state index contributed by atoms with van der Waals surface area (Å²) in [6.07, 6.45) is 3.13. The zero-order chi connectivity index (χ0) is 15.2. The molecule has 0 saturated heterocycles. The molecular formula is C17H25N3O. The van der Waals surface area contributed by atoms with Crippen LogP contribution in [0.4, 0.5) is 0 Å². The first-order chi connectivity index (χ1) is 10.1. The van der Waals surface area contributed by atoms with E-state index in [4.69, 9.17) is 4.74 Å². The van der Waals surface area contributed by atoms with Gasteiger partial charge >= 0.3 is 0 Å². The minimum atomic E-state index is 0.194. The van der Waals surface area contributed by atoms with Gasteiger partial charge in [-0.05, 0) is 38.9 Å². The van der Waals surface area contributed by atoms with E-state index in [0.717, 1.165) is 31.0 Å².